The van der Waals surface area contributed by atoms with Gasteiger partial charge in [-0.15, -0.1) is 0 Å². The van der Waals surface area contributed by atoms with Gasteiger partial charge in [0, 0.05) is 32.6 Å². The molecule has 0 aliphatic carbocycles. The van der Waals surface area contributed by atoms with E-state index in [9.17, 15) is 9.59 Å². The summed E-state index contributed by atoms with van der Waals surface area (Å²) in [5, 5.41) is 4.42. The highest BCUT2D eigenvalue weighted by atomic mass is 16.5. The molecule has 0 saturated carbocycles. The lowest BCUT2D eigenvalue weighted by molar-refractivity contribution is -0.131. The van der Waals surface area contributed by atoms with Crippen LogP contribution in [-0.4, -0.2) is 44.9 Å². The first kappa shape index (κ1) is 19.2. The van der Waals surface area contributed by atoms with Crippen molar-refractivity contribution in [2.75, 3.05) is 19.7 Å². The van der Waals surface area contributed by atoms with Crippen LogP contribution in [0.15, 0.2) is 29.1 Å². The Hall–Kier alpha value is -2.57. The largest absolute Gasteiger partial charge is 0.494 e. The van der Waals surface area contributed by atoms with Crippen LogP contribution in [-0.2, 0) is 24.8 Å². The lowest BCUT2D eigenvalue weighted by Crippen LogP contribution is -2.39. The predicted molar refractivity (Wildman–Crippen MR) is 103 cm³/mol. The SMILES string of the molecule is CCOc1ccc(CC(=O)N2CCC(c3nn(C)c(=O)n3CC)CC2)cc1. The van der Waals surface area contributed by atoms with Crippen molar-refractivity contribution in [1.82, 2.24) is 19.2 Å². The van der Waals surface area contributed by atoms with Crippen LogP contribution in [0.2, 0.25) is 0 Å². The number of ether oxygens (including phenoxy) is 1. The van der Waals surface area contributed by atoms with Gasteiger partial charge in [0.15, 0.2) is 0 Å². The van der Waals surface area contributed by atoms with E-state index in [0.29, 0.717) is 32.7 Å². The van der Waals surface area contributed by atoms with Crippen LogP contribution in [0.25, 0.3) is 0 Å². The Morgan fingerprint density at radius 1 is 1.19 bits per heavy atom. The highest BCUT2D eigenvalue weighted by Gasteiger charge is 2.27. The van der Waals surface area contributed by atoms with E-state index in [1.165, 1.54) is 4.68 Å². The van der Waals surface area contributed by atoms with E-state index in [2.05, 4.69) is 5.10 Å². The molecule has 27 heavy (non-hydrogen) atoms. The molecule has 0 atom stereocenters. The smallest absolute Gasteiger partial charge is 0.345 e. The summed E-state index contributed by atoms with van der Waals surface area (Å²) in [5.74, 6) is 2.05. The Morgan fingerprint density at radius 3 is 2.44 bits per heavy atom. The van der Waals surface area contributed by atoms with E-state index in [-0.39, 0.29) is 17.5 Å². The van der Waals surface area contributed by atoms with Crippen LogP contribution >= 0.6 is 0 Å². The number of likely N-dealkylation sites (tertiary alicyclic amines) is 1. The number of benzene rings is 1. The third kappa shape index (κ3) is 4.23. The van der Waals surface area contributed by atoms with Gasteiger partial charge in [-0.3, -0.25) is 9.36 Å². The molecule has 3 rings (SSSR count). The number of amides is 1. The van der Waals surface area contributed by atoms with Crippen molar-refractivity contribution >= 4 is 5.91 Å². The van der Waals surface area contributed by atoms with Gasteiger partial charge in [0.1, 0.15) is 11.6 Å². The normalized spacial score (nSPS) is 15.1. The van der Waals surface area contributed by atoms with Crippen molar-refractivity contribution < 1.29 is 9.53 Å². The molecule has 1 saturated heterocycles. The van der Waals surface area contributed by atoms with Crippen molar-refractivity contribution in [1.29, 1.82) is 0 Å². The Kier molecular flexibility index (Phi) is 5.98. The second-order valence-corrected chi connectivity index (χ2v) is 6.92. The minimum absolute atomic E-state index is 0.0681. The fourth-order valence-electron chi connectivity index (χ4n) is 3.67. The number of hydrogen-bond acceptors (Lipinski definition) is 4. The van der Waals surface area contributed by atoms with Crippen molar-refractivity contribution in [2.45, 2.75) is 45.6 Å². The lowest BCUT2D eigenvalue weighted by Gasteiger charge is -2.31. The van der Waals surface area contributed by atoms with E-state index >= 15 is 0 Å². The maximum Gasteiger partial charge on any atom is 0.345 e. The van der Waals surface area contributed by atoms with Gasteiger partial charge in [0.2, 0.25) is 5.91 Å². The summed E-state index contributed by atoms with van der Waals surface area (Å²) < 4.78 is 8.58. The lowest BCUT2D eigenvalue weighted by atomic mass is 9.95. The Balaban J connectivity index is 1.58. The van der Waals surface area contributed by atoms with Gasteiger partial charge in [-0.2, -0.15) is 5.10 Å². The summed E-state index contributed by atoms with van der Waals surface area (Å²) in [7, 11) is 1.69. The molecule has 0 spiro atoms. The van der Waals surface area contributed by atoms with E-state index in [0.717, 1.165) is 30.0 Å². The van der Waals surface area contributed by atoms with Gasteiger partial charge in [-0.05, 0) is 44.4 Å². The molecule has 0 unspecified atom stereocenters. The fourth-order valence-corrected chi connectivity index (χ4v) is 3.67. The molecule has 0 bridgehead atoms. The monoisotopic (exact) mass is 372 g/mol. The van der Waals surface area contributed by atoms with Crippen LogP contribution in [0.3, 0.4) is 0 Å². The van der Waals surface area contributed by atoms with Crippen LogP contribution < -0.4 is 10.4 Å². The summed E-state index contributed by atoms with van der Waals surface area (Å²) in [6.07, 6.45) is 2.08. The Morgan fingerprint density at radius 2 is 1.85 bits per heavy atom. The summed E-state index contributed by atoms with van der Waals surface area (Å²) >= 11 is 0. The van der Waals surface area contributed by atoms with Crippen molar-refractivity contribution in [3.63, 3.8) is 0 Å². The molecule has 1 aliphatic heterocycles. The van der Waals surface area contributed by atoms with Crippen molar-refractivity contribution in [3.05, 3.63) is 46.1 Å². The van der Waals surface area contributed by atoms with E-state index < -0.39 is 0 Å². The van der Waals surface area contributed by atoms with Gasteiger partial charge in [-0.1, -0.05) is 12.1 Å². The second kappa shape index (κ2) is 8.41. The molecule has 0 radical (unpaired) electrons. The van der Waals surface area contributed by atoms with E-state index in [4.69, 9.17) is 4.74 Å². The third-order valence-electron chi connectivity index (χ3n) is 5.16. The quantitative estimate of drug-likeness (QED) is 0.777. The maximum atomic E-state index is 12.6. The molecule has 7 nitrogen and oxygen atoms in total. The second-order valence-electron chi connectivity index (χ2n) is 6.92. The number of hydrogen-bond donors (Lipinski definition) is 0. The van der Waals surface area contributed by atoms with Gasteiger partial charge in [-0.25, -0.2) is 9.48 Å². The Bertz CT molecular complexity index is 830. The van der Waals surface area contributed by atoms with Gasteiger partial charge in [0.05, 0.1) is 13.0 Å². The zero-order valence-corrected chi connectivity index (χ0v) is 16.4. The van der Waals surface area contributed by atoms with Crippen LogP contribution in [0, 0.1) is 0 Å². The average molecular weight is 372 g/mol. The number of aromatic nitrogens is 3. The zero-order chi connectivity index (χ0) is 19.4. The number of nitrogens with zero attached hydrogens (tertiary/aromatic N) is 4. The topological polar surface area (TPSA) is 69.4 Å². The van der Waals surface area contributed by atoms with Crippen LogP contribution in [0.4, 0.5) is 0 Å². The number of carbonyl (C=O) groups is 1. The van der Waals surface area contributed by atoms with Gasteiger partial charge < -0.3 is 9.64 Å². The van der Waals surface area contributed by atoms with Crippen LogP contribution in [0.5, 0.6) is 5.75 Å². The first-order chi connectivity index (χ1) is 13.0. The summed E-state index contributed by atoms with van der Waals surface area (Å²) in [6, 6.07) is 7.71. The van der Waals surface area contributed by atoms with Crippen molar-refractivity contribution in [2.24, 2.45) is 7.05 Å². The molecular formula is C20H28N4O3. The third-order valence-corrected chi connectivity index (χ3v) is 5.16. The molecule has 2 heterocycles. The first-order valence-electron chi connectivity index (χ1n) is 9.66. The van der Waals surface area contributed by atoms with Gasteiger partial charge in [0.25, 0.3) is 0 Å². The van der Waals surface area contributed by atoms with E-state index in [1.54, 1.807) is 11.6 Å². The molecular weight excluding hydrogens is 344 g/mol. The first-order valence-corrected chi connectivity index (χ1v) is 9.66. The van der Waals surface area contributed by atoms with Crippen LogP contribution in [0.1, 0.15) is 44.0 Å². The zero-order valence-electron chi connectivity index (χ0n) is 16.4. The molecule has 1 aromatic heterocycles. The minimum atomic E-state index is -0.0681. The molecule has 1 amide bonds. The molecule has 146 valence electrons. The molecule has 1 fully saturated rings. The standard InChI is InChI=1S/C20H28N4O3/c1-4-24-19(21-22(3)20(24)26)16-10-12-23(13-11-16)18(25)14-15-6-8-17(9-7-15)27-5-2/h6-9,16H,4-5,10-14H2,1-3H3. The molecule has 2 aromatic rings. The maximum absolute atomic E-state index is 12.6. The number of rotatable bonds is 6. The van der Waals surface area contributed by atoms with E-state index in [1.807, 2.05) is 43.0 Å². The molecule has 7 heteroatoms. The number of aryl methyl sites for hydroxylation is 1. The highest BCUT2D eigenvalue weighted by Crippen LogP contribution is 2.26. The molecule has 0 N–H and O–H groups in total. The molecule has 1 aliphatic rings. The fraction of sp³-hybridized carbons (Fsp3) is 0.550. The summed E-state index contributed by atoms with van der Waals surface area (Å²) in [6.45, 7) is 6.58. The minimum Gasteiger partial charge on any atom is -0.494 e. The predicted octanol–water partition coefficient (Wildman–Crippen LogP) is 1.95. The molecule has 1 aromatic carbocycles. The number of carbonyl (C=O) groups excluding carboxylic acids is 1. The summed E-state index contributed by atoms with van der Waals surface area (Å²) in [4.78, 5) is 26.6. The highest BCUT2D eigenvalue weighted by molar-refractivity contribution is 5.78. The van der Waals surface area contributed by atoms with Crippen molar-refractivity contribution in [3.8, 4) is 5.75 Å². The summed E-state index contributed by atoms with van der Waals surface area (Å²) in [5.41, 5.74) is 0.927. The van der Waals surface area contributed by atoms with Gasteiger partial charge >= 0.3 is 5.69 Å². The average Bonchev–Trinajstić information content (AvgIpc) is 2.97. The Labute approximate surface area is 159 Å². The number of piperidine rings is 1.